The van der Waals surface area contributed by atoms with Crippen molar-refractivity contribution in [1.29, 1.82) is 0 Å². The van der Waals surface area contributed by atoms with E-state index in [1.54, 1.807) is 12.1 Å². The largest absolute Gasteiger partial charge is 0.508 e. The number of anilines is 2. The highest BCUT2D eigenvalue weighted by molar-refractivity contribution is 6.00. The minimum Gasteiger partial charge on any atom is -0.508 e. The SMILES string of the molecule is CC(=O)O.Cc1cccc(C)c1NC(=O)Nc1cccc(CCCCOCCCCCCNC[C@H](O)c2ccc(O)c(CO)c2)c1. The summed E-state index contributed by atoms with van der Waals surface area (Å²) in [6.45, 7) is 7.59. The molecular formula is C36H51N3O7. The Morgan fingerprint density at radius 2 is 1.50 bits per heavy atom. The highest BCUT2D eigenvalue weighted by Crippen LogP contribution is 2.23. The molecule has 0 aliphatic heterocycles. The number of aryl methyl sites for hydroxylation is 3. The molecule has 0 spiro atoms. The lowest BCUT2D eigenvalue weighted by atomic mass is 10.1. The van der Waals surface area contributed by atoms with Crippen molar-refractivity contribution >= 4 is 23.4 Å². The van der Waals surface area contributed by atoms with Gasteiger partial charge in [-0.3, -0.25) is 4.79 Å². The fourth-order valence-corrected chi connectivity index (χ4v) is 4.83. The lowest BCUT2D eigenvalue weighted by Gasteiger charge is -2.14. The maximum atomic E-state index is 12.5. The molecule has 0 radical (unpaired) electrons. The molecule has 7 N–H and O–H groups in total. The van der Waals surface area contributed by atoms with Gasteiger partial charge in [0.25, 0.3) is 5.97 Å². The number of aromatic hydroxyl groups is 1. The summed E-state index contributed by atoms with van der Waals surface area (Å²) in [6.07, 6.45) is 6.58. The Bertz CT molecular complexity index is 1320. The smallest absolute Gasteiger partial charge is 0.323 e. The molecule has 3 aromatic carbocycles. The van der Waals surface area contributed by atoms with Crippen LogP contribution in [0.1, 0.15) is 79.4 Å². The number of carbonyl (C=O) groups is 2. The third kappa shape index (κ3) is 15.4. The Morgan fingerprint density at radius 3 is 2.20 bits per heavy atom. The molecule has 0 bridgehead atoms. The molecule has 0 aromatic heterocycles. The zero-order chi connectivity index (χ0) is 33.7. The number of carboxylic acid groups (broad SMARTS) is 1. The second kappa shape index (κ2) is 21.7. The summed E-state index contributed by atoms with van der Waals surface area (Å²) in [4.78, 5) is 21.5. The molecule has 0 saturated heterocycles. The number of amides is 2. The Labute approximate surface area is 272 Å². The third-order valence-electron chi connectivity index (χ3n) is 7.30. The van der Waals surface area contributed by atoms with Crippen LogP contribution in [0.5, 0.6) is 5.75 Å². The van der Waals surface area contributed by atoms with E-state index >= 15 is 0 Å². The normalized spacial score (nSPS) is 11.3. The van der Waals surface area contributed by atoms with Crippen molar-refractivity contribution in [1.82, 2.24) is 5.32 Å². The van der Waals surface area contributed by atoms with E-state index in [-0.39, 0.29) is 18.4 Å². The number of hydrogen-bond acceptors (Lipinski definition) is 7. The molecule has 0 heterocycles. The predicted octanol–water partition coefficient (Wildman–Crippen LogP) is 6.46. The van der Waals surface area contributed by atoms with Crippen LogP contribution < -0.4 is 16.0 Å². The number of urea groups is 1. The summed E-state index contributed by atoms with van der Waals surface area (Å²) >= 11 is 0. The molecule has 10 nitrogen and oxygen atoms in total. The van der Waals surface area contributed by atoms with Crippen molar-refractivity contribution in [3.05, 3.63) is 88.5 Å². The van der Waals surface area contributed by atoms with Crippen LogP contribution in [0.3, 0.4) is 0 Å². The first kappa shape index (κ1) is 38.2. The Morgan fingerprint density at radius 1 is 0.848 bits per heavy atom. The number of benzene rings is 3. The standard InChI is InChI=1S/C34H47N3O5.C2H4O2/c1-25-11-9-12-26(2)33(25)37-34(41)36-30-15-10-14-27(21-30)13-5-8-20-42-19-7-4-3-6-18-35-23-32(40)28-16-17-31(39)29(22-28)24-38;1-2(3)4/h9-12,14-17,21-22,32,35,38-40H,3-8,13,18-20,23-24H2,1-2H3,(H2,36,37,41);1H3,(H,3,4)/t32-;/m0./s1. The molecular weight excluding hydrogens is 586 g/mol. The summed E-state index contributed by atoms with van der Waals surface area (Å²) < 4.78 is 5.81. The van der Waals surface area contributed by atoms with Crippen LogP contribution in [0.2, 0.25) is 0 Å². The number of nitrogens with one attached hydrogen (secondary N) is 3. The Balaban J connectivity index is 0.00000173. The molecule has 1 atom stereocenters. The van der Waals surface area contributed by atoms with Gasteiger partial charge in [0.1, 0.15) is 5.75 Å². The molecule has 252 valence electrons. The average molecular weight is 638 g/mol. The second-order valence-electron chi connectivity index (χ2n) is 11.3. The van der Waals surface area contributed by atoms with Crippen LogP contribution in [0.25, 0.3) is 0 Å². The zero-order valence-electron chi connectivity index (χ0n) is 27.3. The average Bonchev–Trinajstić information content (AvgIpc) is 3.01. The molecule has 10 heteroatoms. The van der Waals surface area contributed by atoms with E-state index < -0.39 is 12.1 Å². The van der Waals surface area contributed by atoms with Crippen molar-refractivity contribution in [2.45, 2.75) is 78.4 Å². The summed E-state index contributed by atoms with van der Waals surface area (Å²) in [5.41, 5.74) is 6.00. The number of aliphatic carboxylic acids is 1. The minimum absolute atomic E-state index is 0.0394. The van der Waals surface area contributed by atoms with Gasteiger partial charge < -0.3 is 41.1 Å². The molecule has 3 rings (SSSR count). The van der Waals surface area contributed by atoms with E-state index in [1.807, 2.05) is 50.2 Å². The minimum atomic E-state index is -0.833. The van der Waals surface area contributed by atoms with Crippen LogP contribution in [0, 0.1) is 13.8 Å². The van der Waals surface area contributed by atoms with E-state index in [4.69, 9.17) is 14.6 Å². The summed E-state index contributed by atoms with van der Waals surface area (Å²) in [6, 6.07) is 18.5. The third-order valence-corrected chi connectivity index (χ3v) is 7.30. The zero-order valence-corrected chi connectivity index (χ0v) is 27.3. The van der Waals surface area contributed by atoms with Gasteiger partial charge in [0.15, 0.2) is 0 Å². The predicted molar refractivity (Wildman–Crippen MR) is 182 cm³/mol. The number of carbonyl (C=O) groups excluding carboxylic acids is 1. The quantitative estimate of drug-likeness (QED) is 0.0783. The number of hydrogen-bond donors (Lipinski definition) is 7. The number of ether oxygens (including phenoxy) is 1. The highest BCUT2D eigenvalue weighted by Gasteiger charge is 2.10. The van der Waals surface area contributed by atoms with E-state index in [2.05, 4.69) is 22.0 Å². The number of carboxylic acids is 1. The first-order valence-electron chi connectivity index (χ1n) is 15.9. The van der Waals surface area contributed by atoms with Gasteiger partial charge in [-0.2, -0.15) is 0 Å². The highest BCUT2D eigenvalue weighted by atomic mass is 16.5. The van der Waals surface area contributed by atoms with Crippen molar-refractivity contribution in [2.75, 3.05) is 36.9 Å². The maximum Gasteiger partial charge on any atom is 0.323 e. The summed E-state index contributed by atoms with van der Waals surface area (Å²) in [5.74, 6) is -0.794. The van der Waals surface area contributed by atoms with Crippen LogP contribution in [0.4, 0.5) is 16.2 Å². The molecule has 2 amide bonds. The van der Waals surface area contributed by atoms with Gasteiger partial charge in [-0.25, -0.2) is 4.79 Å². The van der Waals surface area contributed by atoms with Crippen LogP contribution in [-0.2, 0) is 22.6 Å². The van der Waals surface area contributed by atoms with Gasteiger partial charge >= 0.3 is 6.03 Å². The van der Waals surface area contributed by atoms with E-state index in [9.17, 15) is 20.1 Å². The van der Waals surface area contributed by atoms with Gasteiger partial charge in [-0.15, -0.1) is 0 Å². The Kier molecular flexibility index (Phi) is 18.0. The number of aliphatic hydroxyl groups excluding tert-OH is 2. The number of aliphatic hydroxyl groups is 2. The van der Waals surface area contributed by atoms with E-state index in [0.29, 0.717) is 17.7 Å². The number of phenols is 1. The molecule has 0 saturated carbocycles. The molecule has 0 aliphatic rings. The fraction of sp³-hybridized carbons (Fsp3) is 0.444. The molecule has 0 fully saturated rings. The van der Waals surface area contributed by atoms with Crippen LogP contribution in [-0.4, -0.2) is 58.7 Å². The van der Waals surface area contributed by atoms with Crippen molar-refractivity contribution in [3.63, 3.8) is 0 Å². The number of unbranched alkanes of at least 4 members (excludes halogenated alkanes) is 4. The van der Waals surface area contributed by atoms with Gasteiger partial charge in [0.2, 0.25) is 0 Å². The fourth-order valence-electron chi connectivity index (χ4n) is 4.83. The summed E-state index contributed by atoms with van der Waals surface area (Å²) in [5, 5.41) is 45.8. The van der Waals surface area contributed by atoms with Crippen molar-refractivity contribution in [3.8, 4) is 5.75 Å². The van der Waals surface area contributed by atoms with Gasteiger partial charge in [0.05, 0.1) is 12.7 Å². The lowest BCUT2D eigenvalue weighted by molar-refractivity contribution is -0.134. The molecule has 0 unspecified atom stereocenters. The monoisotopic (exact) mass is 637 g/mol. The van der Waals surface area contributed by atoms with Gasteiger partial charge in [0, 0.05) is 43.6 Å². The molecule has 0 aliphatic carbocycles. The number of para-hydroxylation sites is 1. The van der Waals surface area contributed by atoms with Gasteiger partial charge in [-0.05, 0) is 99.0 Å². The second-order valence-corrected chi connectivity index (χ2v) is 11.3. The topological polar surface area (TPSA) is 160 Å². The van der Waals surface area contributed by atoms with Crippen LogP contribution in [0.15, 0.2) is 60.7 Å². The first-order valence-corrected chi connectivity index (χ1v) is 15.9. The Hall–Kier alpha value is -3.96. The summed E-state index contributed by atoms with van der Waals surface area (Å²) in [7, 11) is 0. The van der Waals surface area contributed by atoms with Crippen molar-refractivity contribution in [2.24, 2.45) is 0 Å². The maximum absolute atomic E-state index is 12.5. The molecule has 46 heavy (non-hydrogen) atoms. The molecule has 3 aromatic rings. The van der Waals surface area contributed by atoms with Crippen molar-refractivity contribution < 1.29 is 34.8 Å². The number of rotatable bonds is 18. The first-order chi connectivity index (χ1) is 22.1. The van der Waals surface area contributed by atoms with E-state index in [0.717, 1.165) is 94.1 Å². The van der Waals surface area contributed by atoms with Crippen LogP contribution >= 0.6 is 0 Å². The van der Waals surface area contributed by atoms with E-state index in [1.165, 1.54) is 11.6 Å². The van der Waals surface area contributed by atoms with Gasteiger partial charge in [-0.1, -0.05) is 49.2 Å². The lowest BCUT2D eigenvalue weighted by Crippen LogP contribution is -2.22.